The van der Waals surface area contributed by atoms with Crippen molar-refractivity contribution in [3.05, 3.63) is 23.6 Å². The first-order chi connectivity index (χ1) is 4.72. The Labute approximate surface area is 62.8 Å². The first kappa shape index (κ1) is 7.28. The Morgan fingerprint density at radius 2 is 2.30 bits per heavy atom. The van der Waals surface area contributed by atoms with E-state index in [0.717, 1.165) is 6.07 Å². The molecule has 1 heterocycles. The number of pyridine rings is 1. The highest BCUT2D eigenvalue weighted by molar-refractivity contribution is 6.16. The summed E-state index contributed by atoms with van der Waals surface area (Å²) in [6.45, 7) is 0. The Balaban J connectivity index is 3.06. The van der Waals surface area contributed by atoms with E-state index in [1.807, 2.05) is 0 Å². The summed E-state index contributed by atoms with van der Waals surface area (Å²) in [5, 5.41) is 0. The third kappa shape index (κ3) is 1.57. The minimum Gasteiger partial charge on any atom is -0.384 e. The molecular formula is C6H6ClFN2. The van der Waals surface area contributed by atoms with Crippen molar-refractivity contribution in [1.29, 1.82) is 0 Å². The Bertz CT molecular complexity index is 219. The molecule has 0 aliphatic carbocycles. The maximum absolute atomic E-state index is 12.4. The predicted molar refractivity (Wildman–Crippen MR) is 38.2 cm³/mol. The monoisotopic (exact) mass is 160 g/mol. The van der Waals surface area contributed by atoms with E-state index >= 15 is 0 Å². The first-order valence-electron chi connectivity index (χ1n) is 2.70. The van der Waals surface area contributed by atoms with E-state index in [4.69, 9.17) is 17.3 Å². The van der Waals surface area contributed by atoms with E-state index in [-0.39, 0.29) is 11.7 Å². The van der Waals surface area contributed by atoms with Crippen molar-refractivity contribution in [3.8, 4) is 0 Å². The lowest BCUT2D eigenvalue weighted by molar-refractivity contribution is 0.624. The number of alkyl halides is 1. The van der Waals surface area contributed by atoms with Gasteiger partial charge in [-0.25, -0.2) is 9.37 Å². The standard InChI is InChI=1S/C6H6ClFN2/c7-3-5-1-4(8)2-6(9)10-5/h1-2H,3H2,(H2,9,10). The molecule has 4 heteroatoms. The summed E-state index contributed by atoms with van der Waals surface area (Å²) < 4.78 is 12.4. The van der Waals surface area contributed by atoms with E-state index in [9.17, 15) is 4.39 Å². The fraction of sp³-hybridized carbons (Fsp3) is 0.167. The normalized spacial score (nSPS) is 9.80. The van der Waals surface area contributed by atoms with Crippen molar-refractivity contribution >= 4 is 17.4 Å². The highest BCUT2D eigenvalue weighted by Gasteiger charge is 1.97. The molecule has 0 unspecified atom stereocenters. The average Bonchev–Trinajstić information content (AvgIpc) is 1.85. The van der Waals surface area contributed by atoms with Crippen molar-refractivity contribution in [2.45, 2.75) is 5.88 Å². The van der Waals surface area contributed by atoms with Gasteiger partial charge in [0.15, 0.2) is 0 Å². The zero-order valence-corrected chi connectivity index (χ0v) is 5.90. The van der Waals surface area contributed by atoms with Gasteiger partial charge in [0.25, 0.3) is 0 Å². The fourth-order valence-electron chi connectivity index (χ4n) is 0.641. The maximum atomic E-state index is 12.4. The summed E-state index contributed by atoms with van der Waals surface area (Å²) in [5.41, 5.74) is 5.68. The maximum Gasteiger partial charge on any atom is 0.128 e. The van der Waals surface area contributed by atoms with Gasteiger partial charge in [0.2, 0.25) is 0 Å². The van der Waals surface area contributed by atoms with Crippen LogP contribution in [0.3, 0.4) is 0 Å². The second-order valence-electron chi connectivity index (χ2n) is 1.84. The molecule has 0 saturated carbocycles. The Morgan fingerprint density at radius 1 is 1.60 bits per heavy atom. The van der Waals surface area contributed by atoms with Crippen LogP contribution in [0.4, 0.5) is 10.2 Å². The molecule has 2 N–H and O–H groups in total. The number of anilines is 1. The molecule has 0 radical (unpaired) electrons. The summed E-state index contributed by atoms with van der Waals surface area (Å²) in [6, 6.07) is 2.40. The van der Waals surface area contributed by atoms with Crippen LogP contribution in [0.5, 0.6) is 0 Å². The van der Waals surface area contributed by atoms with Crippen molar-refractivity contribution < 1.29 is 4.39 Å². The third-order valence-electron chi connectivity index (χ3n) is 1.000. The molecule has 10 heavy (non-hydrogen) atoms. The number of hydrogen-bond acceptors (Lipinski definition) is 2. The Morgan fingerprint density at radius 3 is 2.80 bits per heavy atom. The summed E-state index contributed by atoms with van der Waals surface area (Å²) >= 11 is 5.39. The molecule has 0 aliphatic rings. The van der Waals surface area contributed by atoms with Crippen LogP contribution in [0.1, 0.15) is 5.69 Å². The lowest BCUT2D eigenvalue weighted by Crippen LogP contribution is -1.94. The van der Waals surface area contributed by atoms with Gasteiger partial charge in [0, 0.05) is 6.07 Å². The molecule has 2 nitrogen and oxygen atoms in total. The zero-order chi connectivity index (χ0) is 7.56. The molecule has 54 valence electrons. The smallest absolute Gasteiger partial charge is 0.128 e. The molecule has 0 spiro atoms. The number of nitrogen functional groups attached to an aromatic ring is 1. The lowest BCUT2D eigenvalue weighted by Gasteiger charge is -1.96. The fourth-order valence-corrected chi connectivity index (χ4v) is 0.778. The molecule has 0 aliphatic heterocycles. The quantitative estimate of drug-likeness (QED) is 0.633. The summed E-state index contributed by atoms with van der Waals surface area (Å²) in [7, 11) is 0. The molecular weight excluding hydrogens is 155 g/mol. The minimum absolute atomic E-state index is 0.163. The van der Waals surface area contributed by atoms with Gasteiger partial charge in [-0.3, -0.25) is 0 Å². The SMILES string of the molecule is Nc1cc(F)cc(CCl)n1. The molecule has 1 rings (SSSR count). The zero-order valence-electron chi connectivity index (χ0n) is 5.14. The lowest BCUT2D eigenvalue weighted by atomic mass is 10.3. The molecule has 0 saturated heterocycles. The summed E-state index contributed by atoms with van der Waals surface area (Å²) in [5.74, 6) is -0.0547. The van der Waals surface area contributed by atoms with E-state index in [2.05, 4.69) is 4.98 Å². The third-order valence-corrected chi connectivity index (χ3v) is 1.27. The van der Waals surface area contributed by atoms with Gasteiger partial charge in [-0.1, -0.05) is 0 Å². The molecule has 0 atom stereocenters. The molecule has 0 bridgehead atoms. The van der Waals surface area contributed by atoms with Gasteiger partial charge in [-0.15, -0.1) is 11.6 Å². The summed E-state index contributed by atoms with van der Waals surface area (Å²) in [6.07, 6.45) is 0. The average molecular weight is 161 g/mol. The Hall–Kier alpha value is -0.830. The molecule has 0 fully saturated rings. The second kappa shape index (κ2) is 2.84. The van der Waals surface area contributed by atoms with Crippen molar-refractivity contribution in [3.63, 3.8) is 0 Å². The van der Waals surface area contributed by atoms with Gasteiger partial charge >= 0.3 is 0 Å². The second-order valence-corrected chi connectivity index (χ2v) is 2.10. The van der Waals surface area contributed by atoms with Crippen molar-refractivity contribution in [2.24, 2.45) is 0 Å². The van der Waals surface area contributed by atoms with Crippen LogP contribution in [0.15, 0.2) is 12.1 Å². The molecule has 0 amide bonds. The molecule has 1 aromatic heterocycles. The summed E-state index contributed by atoms with van der Waals surface area (Å²) in [4.78, 5) is 3.76. The highest BCUT2D eigenvalue weighted by Crippen LogP contribution is 2.07. The predicted octanol–water partition coefficient (Wildman–Crippen LogP) is 1.54. The first-order valence-corrected chi connectivity index (χ1v) is 3.23. The minimum atomic E-state index is -0.400. The number of nitrogens with zero attached hydrogens (tertiary/aromatic N) is 1. The largest absolute Gasteiger partial charge is 0.384 e. The van der Waals surface area contributed by atoms with Crippen LogP contribution in [0.25, 0.3) is 0 Å². The number of rotatable bonds is 1. The van der Waals surface area contributed by atoms with Gasteiger partial charge in [-0.05, 0) is 6.07 Å². The van der Waals surface area contributed by atoms with E-state index in [1.54, 1.807) is 0 Å². The number of halogens is 2. The van der Waals surface area contributed by atoms with Crippen LogP contribution in [-0.2, 0) is 5.88 Å². The van der Waals surface area contributed by atoms with Crippen LogP contribution >= 0.6 is 11.6 Å². The Kier molecular flexibility index (Phi) is 2.06. The van der Waals surface area contributed by atoms with Gasteiger partial charge in [0.1, 0.15) is 11.6 Å². The van der Waals surface area contributed by atoms with Crippen molar-refractivity contribution in [1.82, 2.24) is 4.98 Å². The van der Waals surface area contributed by atoms with Crippen LogP contribution in [0.2, 0.25) is 0 Å². The molecule has 1 aromatic rings. The number of aromatic nitrogens is 1. The topological polar surface area (TPSA) is 38.9 Å². The van der Waals surface area contributed by atoms with Crippen LogP contribution < -0.4 is 5.73 Å². The van der Waals surface area contributed by atoms with Gasteiger partial charge < -0.3 is 5.73 Å². The van der Waals surface area contributed by atoms with E-state index < -0.39 is 5.82 Å². The van der Waals surface area contributed by atoms with Gasteiger partial charge in [0.05, 0.1) is 11.6 Å². The number of hydrogen-bond donors (Lipinski definition) is 1. The highest BCUT2D eigenvalue weighted by atomic mass is 35.5. The van der Waals surface area contributed by atoms with Crippen LogP contribution in [0, 0.1) is 5.82 Å². The molecule has 0 aromatic carbocycles. The van der Waals surface area contributed by atoms with E-state index in [1.165, 1.54) is 6.07 Å². The van der Waals surface area contributed by atoms with E-state index in [0.29, 0.717) is 5.69 Å². The van der Waals surface area contributed by atoms with Gasteiger partial charge in [-0.2, -0.15) is 0 Å². The van der Waals surface area contributed by atoms with Crippen molar-refractivity contribution in [2.75, 3.05) is 5.73 Å². The number of nitrogens with two attached hydrogens (primary N) is 1. The van der Waals surface area contributed by atoms with Crippen LogP contribution in [-0.4, -0.2) is 4.98 Å².